The molecule has 0 radical (unpaired) electrons. The highest BCUT2D eigenvalue weighted by Crippen LogP contribution is 2.45. The standard InChI is InChI=1S/C21H24N4O3/c26-19(23-28)10-2-1-5-14-24-17-8-3-4-9-18(17)25(15-11-12-15)20-16(21(24)27)7-6-13-22-20/h3-4,6-9,13,15,28H,1-2,5,10-12,14H2,(H,23,26). The summed E-state index contributed by atoms with van der Waals surface area (Å²) < 4.78 is 0. The molecule has 7 nitrogen and oxygen atoms in total. The number of hydrogen-bond donors (Lipinski definition) is 2. The molecule has 0 unspecified atom stereocenters. The summed E-state index contributed by atoms with van der Waals surface area (Å²) in [5, 5.41) is 8.58. The fourth-order valence-electron chi connectivity index (χ4n) is 3.73. The topological polar surface area (TPSA) is 85.8 Å². The molecule has 2 N–H and O–H groups in total. The Kier molecular flexibility index (Phi) is 5.25. The molecule has 146 valence electrons. The van der Waals surface area contributed by atoms with Crippen molar-refractivity contribution in [2.75, 3.05) is 16.3 Å². The largest absolute Gasteiger partial charge is 0.321 e. The van der Waals surface area contributed by atoms with Crippen molar-refractivity contribution in [3.05, 3.63) is 48.2 Å². The Bertz CT molecular complexity index is 881. The zero-order valence-corrected chi connectivity index (χ0v) is 15.7. The van der Waals surface area contributed by atoms with Crippen LogP contribution in [0, 0.1) is 0 Å². The second-order valence-corrected chi connectivity index (χ2v) is 7.27. The Labute approximate surface area is 163 Å². The predicted octanol–water partition coefficient (Wildman–Crippen LogP) is 3.41. The van der Waals surface area contributed by atoms with Crippen molar-refractivity contribution >= 4 is 29.0 Å². The number of amides is 2. The summed E-state index contributed by atoms with van der Waals surface area (Å²) in [4.78, 5) is 33.1. The minimum absolute atomic E-state index is 0.0354. The monoisotopic (exact) mass is 380 g/mol. The van der Waals surface area contributed by atoms with Gasteiger partial charge in [0.05, 0.1) is 16.9 Å². The molecule has 1 fully saturated rings. The summed E-state index contributed by atoms with van der Waals surface area (Å²) in [5.41, 5.74) is 4.21. The van der Waals surface area contributed by atoms with Gasteiger partial charge in [0.1, 0.15) is 5.82 Å². The van der Waals surface area contributed by atoms with Crippen LogP contribution in [-0.4, -0.2) is 34.6 Å². The van der Waals surface area contributed by atoms with Gasteiger partial charge in [-0.05, 0) is 49.9 Å². The first-order valence-electron chi connectivity index (χ1n) is 9.79. The van der Waals surface area contributed by atoms with Crippen LogP contribution in [0.5, 0.6) is 0 Å². The molecule has 0 atom stereocenters. The van der Waals surface area contributed by atoms with Crippen LogP contribution in [0.15, 0.2) is 42.6 Å². The molecule has 1 aliphatic carbocycles. The minimum Gasteiger partial charge on any atom is -0.321 e. The van der Waals surface area contributed by atoms with Crippen molar-refractivity contribution in [3.63, 3.8) is 0 Å². The molecule has 2 aromatic rings. The Morgan fingerprint density at radius 3 is 2.64 bits per heavy atom. The van der Waals surface area contributed by atoms with Gasteiger partial charge in [-0.1, -0.05) is 18.6 Å². The molecule has 2 aliphatic rings. The summed E-state index contributed by atoms with van der Waals surface area (Å²) >= 11 is 0. The molecule has 0 bridgehead atoms. The van der Waals surface area contributed by atoms with Crippen molar-refractivity contribution in [2.45, 2.75) is 44.6 Å². The first kappa shape index (κ1) is 18.4. The quantitative estimate of drug-likeness (QED) is 0.437. The fraction of sp³-hybridized carbons (Fsp3) is 0.381. The van der Waals surface area contributed by atoms with E-state index in [2.05, 4.69) is 16.0 Å². The van der Waals surface area contributed by atoms with Crippen LogP contribution in [0.3, 0.4) is 0 Å². The molecule has 4 rings (SSSR count). The van der Waals surface area contributed by atoms with E-state index in [1.54, 1.807) is 11.7 Å². The second-order valence-electron chi connectivity index (χ2n) is 7.27. The number of hydrogen-bond acceptors (Lipinski definition) is 5. The van der Waals surface area contributed by atoms with Crippen LogP contribution in [-0.2, 0) is 4.79 Å². The number of rotatable bonds is 7. The highest BCUT2D eigenvalue weighted by atomic mass is 16.5. The van der Waals surface area contributed by atoms with Crippen LogP contribution < -0.4 is 15.3 Å². The number of unbranched alkanes of at least 4 members (excludes halogenated alkanes) is 2. The van der Waals surface area contributed by atoms with Gasteiger partial charge in [-0.3, -0.25) is 14.8 Å². The van der Waals surface area contributed by atoms with Gasteiger partial charge in [0.15, 0.2) is 0 Å². The number of fused-ring (bicyclic) bond motifs is 2. The van der Waals surface area contributed by atoms with Gasteiger partial charge in [-0.25, -0.2) is 10.5 Å². The molecule has 28 heavy (non-hydrogen) atoms. The maximum atomic E-state index is 13.4. The second kappa shape index (κ2) is 7.98. The van der Waals surface area contributed by atoms with Gasteiger partial charge in [-0.15, -0.1) is 0 Å². The summed E-state index contributed by atoms with van der Waals surface area (Å²) in [6.45, 7) is 0.573. The summed E-state index contributed by atoms with van der Waals surface area (Å²) in [6.07, 6.45) is 6.47. The lowest BCUT2D eigenvalue weighted by Gasteiger charge is -2.26. The van der Waals surface area contributed by atoms with Crippen LogP contribution in [0.25, 0.3) is 0 Å². The van der Waals surface area contributed by atoms with E-state index < -0.39 is 0 Å². The van der Waals surface area contributed by atoms with Crippen LogP contribution in [0.4, 0.5) is 17.2 Å². The van der Waals surface area contributed by atoms with Crippen molar-refractivity contribution in [1.82, 2.24) is 10.5 Å². The summed E-state index contributed by atoms with van der Waals surface area (Å²) in [6, 6.07) is 12.1. The van der Waals surface area contributed by atoms with Crippen molar-refractivity contribution in [1.29, 1.82) is 0 Å². The van der Waals surface area contributed by atoms with Gasteiger partial charge in [-0.2, -0.15) is 0 Å². The number of para-hydroxylation sites is 2. The first-order valence-corrected chi connectivity index (χ1v) is 9.79. The smallest absolute Gasteiger partial charge is 0.262 e. The number of nitrogens with one attached hydrogen (secondary N) is 1. The molecule has 2 amide bonds. The third kappa shape index (κ3) is 3.57. The average molecular weight is 380 g/mol. The van der Waals surface area contributed by atoms with E-state index in [0.717, 1.165) is 42.9 Å². The highest BCUT2D eigenvalue weighted by Gasteiger charge is 2.38. The lowest BCUT2D eigenvalue weighted by molar-refractivity contribution is -0.129. The zero-order chi connectivity index (χ0) is 19.5. The summed E-state index contributed by atoms with van der Waals surface area (Å²) in [5.74, 6) is 0.327. The average Bonchev–Trinajstić information content (AvgIpc) is 3.56. The van der Waals surface area contributed by atoms with Gasteiger partial charge in [0.2, 0.25) is 5.91 Å². The first-order chi connectivity index (χ1) is 13.7. The predicted molar refractivity (Wildman–Crippen MR) is 106 cm³/mol. The lowest BCUT2D eigenvalue weighted by Crippen LogP contribution is -2.31. The number of nitrogens with zero attached hydrogens (tertiary/aromatic N) is 3. The number of carbonyl (C=O) groups is 2. The SMILES string of the molecule is O=C(CCCCCN1C(=O)c2cccnc2N(C2CC2)c2ccccc21)NO. The van der Waals surface area contributed by atoms with E-state index in [1.165, 1.54) is 0 Å². The molecule has 1 aromatic carbocycles. The fourth-order valence-corrected chi connectivity index (χ4v) is 3.73. The Morgan fingerprint density at radius 1 is 1.11 bits per heavy atom. The van der Waals surface area contributed by atoms with Gasteiger partial charge in [0.25, 0.3) is 5.91 Å². The molecule has 7 heteroatoms. The molecule has 0 saturated heterocycles. The Balaban J connectivity index is 1.60. The Morgan fingerprint density at radius 2 is 1.89 bits per heavy atom. The van der Waals surface area contributed by atoms with E-state index in [0.29, 0.717) is 24.6 Å². The van der Waals surface area contributed by atoms with E-state index in [-0.39, 0.29) is 18.2 Å². The molecule has 1 aromatic heterocycles. The van der Waals surface area contributed by atoms with Crippen molar-refractivity contribution in [3.8, 4) is 0 Å². The van der Waals surface area contributed by atoms with Crippen molar-refractivity contribution in [2.24, 2.45) is 0 Å². The third-order valence-corrected chi connectivity index (χ3v) is 5.24. The van der Waals surface area contributed by atoms with Crippen LogP contribution in [0.1, 0.15) is 48.9 Å². The maximum Gasteiger partial charge on any atom is 0.262 e. The number of hydroxylamine groups is 1. The van der Waals surface area contributed by atoms with Gasteiger partial charge in [0, 0.05) is 25.2 Å². The number of benzene rings is 1. The number of aromatic nitrogens is 1. The van der Waals surface area contributed by atoms with E-state index in [1.807, 2.05) is 35.2 Å². The van der Waals surface area contributed by atoms with Gasteiger partial charge >= 0.3 is 0 Å². The number of anilines is 3. The summed E-state index contributed by atoms with van der Waals surface area (Å²) in [7, 11) is 0. The lowest BCUT2D eigenvalue weighted by atomic mass is 10.1. The molecule has 0 spiro atoms. The van der Waals surface area contributed by atoms with Crippen LogP contribution in [0.2, 0.25) is 0 Å². The number of pyridine rings is 1. The zero-order valence-electron chi connectivity index (χ0n) is 15.7. The maximum absolute atomic E-state index is 13.4. The molecule has 1 aliphatic heterocycles. The highest BCUT2D eigenvalue weighted by molar-refractivity contribution is 6.13. The van der Waals surface area contributed by atoms with E-state index >= 15 is 0 Å². The minimum atomic E-state index is -0.378. The Hall–Kier alpha value is -2.93. The van der Waals surface area contributed by atoms with Gasteiger partial charge < -0.3 is 9.80 Å². The normalized spacial score (nSPS) is 15.7. The molecular weight excluding hydrogens is 356 g/mol. The molecule has 1 saturated carbocycles. The van der Waals surface area contributed by atoms with E-state index in [4.69, 9.17) is 5.21 Å². The van der Waals surface area contributed by atoms with E-state index in [9.17, 15) is 9.59 Å². The van der Waals surface area contributed by atoms with Crippen LogP contribution >= 0.6 is 0 Å². The van der Waals surface area contributed by atoms with Crippen molar-refractivity contribution < 1.29 is 14.8 Å². The molecular formula is C21H24N4O3. The molecule has 2 heterocycles. The number of carbonyl (C=O) groups excluding carboxylic acids is 2. The third-order valence-electron chi connectivity index (χ3n) is 5.24.